The number of hydrogen-bond acceptors (Lipinski definition) is 4. The third-order valence-corrected chi connectivity index (χ3v) is 4.46. The molecule has 0 spiro atoms. The first-order valence-electron chi connectivity index (χ1n) is 7.47. The second-order valence-corrected chi connectivity index (χ2v) is 6.18. The van der Waals surface area contributed by atoms with Crippen LogP contribution in [-0.2, 0) is 4.79 Å². The fourth-order valence-electron chi connectivity index (χ4n) is 2.35. The van der Waals surface area contributed by atoms with Gasteiger partial charge in [0.2, 0.25) is 0 Å². The normalized spacial score (nSPS) is 11.5. The number of aromatic nitrogens is 1. The lowest BCUT2D eigenvalue weighted by molar-refractivity contribution is -0.118. The number of rotatable bonds is 5. The van der Waals surface area contributed by atoms with Gasteiger partial charge in [-0.25, -0.2) is 4.79 Å². The first-order chi connectivity index (χ1) is 12.1. The van der Waals surface area contributed by atoms with Gasteiger partial charge in [-0.05, 0) is 46.8 Å². The Morgan fingerprint density at radius 3 is 2.28 bits per heavy atom. The molecule has 0 saturated heterocycles. The summed E-state index contributed by atoms with van der Waals surface area (Å²) >= 11 is 1.32. The summed E-state index contributed by atoms with van der Waals surface area (Å²) in [6.45, 7) is 0. The molecule has 7 heteroatoms. The standard InChI is InChI=1S/C18H15N3O3S/c22-17(16(21-18(23)24)15-2-1-11-25-15)20-14-5-3-12(4-6-14)13-7-9-19-10-8-13/h1-11,16,21H,(H,20,22)(H,23,24)/t16-/m1/s1. The van der Waals surface area contributed by atoms with Crippen LogP contribution in [0.25, 0.3) is 11.1 Å². The van der Waals surface area contributed by atoms with Crippen LogP contribution < -0.4 is 10.6 Å². The minimum Gasteiger partial charge on any atom is -0.465 e. The van der Waals surface area contributed by atoms with E-state index in [1.165, 1.54) is 11.3 Å². The van der Waals surface area contributed by atoms with E-state index in [2.05, 4.69) is 15.6 Å². The molecule has 3 rings (SSSR count). The molecule has 126 valence electrons. The van der Waals surface area contributed by atoms with Crippen LogP contribution in [0.1, 0.15) is 10.9 Å². The number of amides is 2. The van der Waals surface area contributed by atoms with E-state index < -0.39 is 18.0 Å². The summed E-state index contributed by atoms with van der Waals surface area (Å²) in [4.78, 5) is 28.1. The van der Waals surface area contributed by atoms with Crippen molar-refractivity contribution in [1.29, 1.82) is 0 Å². The van der Waals surface area contributed by atoms with Crippen LogP contribution >= 0.6 is 11.3 Å². The molecule has 0 bridgehead atoms. The Labute approximate surface area is 148 Å². The molecule has 0 radical (unpaired) electrons. The van der Waals surface area contributed by atoms with Crippen LogP contribution in [0, 0.1) is 0 Å². The van der Waals surface area contributed by atoms with Crippen LogP contribution in [-0.4, -0.2) is 22.1 Å². The van der Waals surface area contributed by atoms with E-state index in [1.807, 2.05) is 24.3 Å². The SMILES string of the molecule is O=C(O)N[C@@H](C(=O)Nc1ccc(-c2ccncc2)cc1)c1cccs1. The zero-order valence-corrected chi connectivity index (χ0v) is 13.9. The van der Waals surface area contributed by atoms with E-state index in [-0.39, 0.29) is 0 Å². The summed E-state index contributed by atoms with van der Waals surface area (Å²) < 4.78 is 0. The third kappa shape index (κ3) is 4.21. The van der Waals surface area contributed by atoms with Crippen molar-refractivity contribution in [2.24, 2.45) is 0 Å². The van der Waals surface area contributed by atoms with Gasteiger partial charge in [0.1, 0.15) is 6.04 Å². The van der Waals surface area contributed by atoms with Crippen LogP contribution in [0.2, 0.25) is 0 Å². The summed E-state index contributed by atoms with van der Waals surface area (Å²) in [5.41, 5.74) is 2.62. The van der Waals surface area contributed by atoms with Crippen LogP contribution in [0.3, 0.4) is 0 Å². The monoisotopic (exact) mass is 353 g/mol. The van der Waals surface area contributed by atoms with Crippen molar-refractivity contribution in [3.8, 4) is 11.1 Å². The van der Waals surface area contributed by atoms with E-state index in [1.54, 1.807) is 42.0 Å². The second-order valence-electron chi connectivity index (χ2n) is 5.20. The van der Waals surface area contributed by atoms with Crippen molar-refractivity contribution < 1.29 is 14.7 Å². The molecule has 3 aromatic rings. The van der Waals surface area contributed by atoms with Gasteiger partial charge in [-0.2, -0.15) is 0 Å². The molecular weight excluding hydrogens is 338 g/mol. The number of hydrogen-bond donors (Lipinski definition) is 3. The van der Waals surface area contributed by atoms with Gasteiger partial charge in [0.05, 0.1) is 0 Å². The highest BCUT2D eigenvalue weighted by Gasteiger charge is 2.23. The van der Waals surface area contributed by atoms with Gasteiger partial charge < -0.3 is 15.7 Å². The maximum atomic E-state index is 12.5. The quantitative estimate of drug-likeness (QED) is 0.651. The lowest BCUT2D eigenvalue weighted by atomic mass is 10.1. The molecule has 0 aliphatic rings. The average molecular weight is 353 g/mol. The fourth-order valence-corrected chi connectivity index (χ4v) is 3.12. The Hall–Kier alpha value is -3.19. The second kappa shape index (κ2) is 7.59. The van der Waals surface area contributed by atoms with Gasteiger partial charge >= 0.3 is 6.09 Å². The lowest BCUT2D eigenvalue weighted by Gasteiger charge is -2.15. The zero-order chi connectivity index (χ0) is 17.6. The first kappa shape index (κ1) is 16.7. The van der Waals surface area contributed by atoms with E-state index in [4.69, 9.17) is 5.11 Å². The number of carbonyl (C=O) groups excluding carboxylic acids is 1. The number of carboxylic acid groups (broad SMARTS) is 1. The Morgan fingerprint density at radius 2 is 1.68 bits per heavy atom. The summed E-state index contributed by atoms with van der Waals surface area (Å²) in [6, 6.07) is 13.7. The number of nitrogens with one attached hydrogen (secondary N) is 2. The highest BCUT2D eigenvalue weighted by atomic mass is 32.1. The molecule has 25 heavy (non-hydrogen) atoms. The van der Waals surface area contributed by atoms with E-state index in [0.717, 1.165) is 11.1 Å². The number of nitrogens with zero attached hydrogens (tertiary/aromatic N) is 1. The molecule has 1 aromatic carbocycles. The van der Waals surface area contributed by atoms with E-state index in [0.29, 0.717) is 10.6 Å². The molecular formula is C18H15N3O3S. The Bertz CT molecular complexity index is 849. The molecule has 6 nitrogen and oxygen atoms in total. The maximum absolute atomic E-state index is 12.5. The van der Waals surface area contributed by atoms with Crippen molar-refractivity contribution in [3.63, 3.8) is 0 Å². The van der Waals surface area contributed by atoms with Gasteiger partial charge in [-0.1, -0.05) is 18.2 Å². The zero-order valence-electron chi connectivity index (χ0n) is 13.0. The number of anilines is 1. The Balaban J connectivity index is 1.74. The predicted octanol–water partition coefficient (Wildman–Crippen LogP) is 3.76. The molecule has 0 aliphatic heterocycles. The lowest BCUT2D eigenvalue weighted by Crippen LogP contribution is -2.35. The Morgan fingerprint density at radius 1 is 1.00 bits per heavy atom. The number of thiophene rings is 1. The van der Waals surface area contributed by atoms with Gasteiger partial charge in [-0.3, -0.25) is 9.78 Å². The molecule has 2 amide bonds. The predicted molar refractivity (Wildman–Crippen MR) is 96.5 cm³/mol. The highest BCUT2D eigenvalue weighted by molar-refractivity contribution is 7.10. The fraction of sp³-hybridized carbons (Fsp3) is 0.0556. The molecule has 0 unspecified atom stereocenters. The number of carbonyl (C=O) groups is 2. The summed E-state index contributed by atoms with van der Waals surface area (Å²) in [6.07, 6.45) is 2.18. The van der Waals surface area contributed by atoms with Gasteiger partial charge in [0.25, 0.3) is 5.91 Å². The summed E-state index contributed by atoms with van der Waals surface area (Å²) in [5.74, 6) is -0.429. The molecule has 0 fully saturated rings. The molecule has 0 saturated carbocycles. The third-order valence-electron chi connectivity index (χ3n) is 3.52. The highest BCUT2D eigenvalue weighted by Crippen LogP contribution is 2.23. The minimum absolute atomic E-state index is 0.429. The largest absolute Gasteiger partial charge is 0.465 e. The van der Waals surface area contributed by atoms with Crippen molar-refractivity contribution in [2.45, 2.75) is 6.04 Å². The summed E-state index contributed by atoms with van der Waals surface area (Å²) in [5, 5.41) is 15.8. The topological polar surface area (TPSA) is 91.3 Å². The Kier molecular flexibility index (Phi) is 5.06. The van der Waals surface area contributed by atoms with Crippen LogP contribution in [0.4, 0.5) is 10.5 Å². The molecule has 1 atom stereocenters. The minimum atomic E-state index is -1.25. The van der Waals surface area contributed by atoms with E-state index in [9.17, 15) is 9.59 Å². The smallest absolute Gasteiger partial charge is 0.405 e. The number of pyridine rings is 1. The van der Waals surface area contributed by atoms with E-state index >= 15 is 0 Å². The average Bonchev–Trinajstić information content (AvgIpc) is 3.15. The van der Waals surface area contributed by atoms with Crippen molar-refractivity contribution in [2.75, 3.05) is 5.32 Å². The van der Waals surface area contributed by atoms with Gasteiger partial charge in [-0.15, -0.1) is 11.3 Å². The molecule has 3 N–H and O–H groups in total. The van der Waals surface area contributed by atoms with Crippen molar-refractivity contribution in [1.82, 2.24) is 10.3 Å². The van der Waals surface area contributed by atoms with Crippen LogP contribution in [0.15, 0.2) is 66.3 Å². The van der Waals surface area contributed by atoms with Crippen molar-refractivity contribution in [3.05, 3.63) is 71.2 Å². The molecule has 2 aromatic heterocycles. The molecule has 2 heterocycles. The van der Waals surface area contributed by atoms with Crippen LogP contribution in [0.5, 0.6) is 0 Å². The maximum Gasteiger partial charge on any atom is 0.405 e. The molecule has 0 aliphatic carbocycles. The van der Waals surface area contributed by atoms with Gasteiger partial charge in [0, 0.05) is 23.0 Å². The summed E-state index contributed by atoms with van der Waals surface area (Å²) in [7, 11) is 0. The number of benzene rings is 1. The van der Waals surface area contributed by atoms with Crippen molar-refractivity contribution >= 4 is 29.0 Å². The van der Waals surface area contributed by atoms with Gasteiger partial charge in [0.15, 0.2) is 0 Å². The first-order valence-corrected chi connectivity index (χ1v) is 8.35.